The maximum absolute atomic E-state index is 13.3. The second kappa shape index (κ2) is 7.40. The Morgan fingerprint density at radius 3 is 2.48 bits per heavy atom. The fourth-order valence-corrected chi connectivity index (χ4v) is 3.48. The van der Waals surface area contributed by atoms with Gasteiger partial charge in [-0.3, -0.25) is 14.6 Å². The number of carbonyl (C=O) groups excluding carboxylic acids is 2. The molecule has 1 fully saturated rings. The lowest BCUT2D eigenvalue weighted by atomic mass is 9.85. The Bertz CT molecular complexity index is 579. The van der Waals surface area contributed by atoms with E-state index in [4.69, 9.17) is 0 Å². The van der Waals surface area contributed by atoms with E-state index in [9.17, 15) is 9.59 Å². The zero-order chi connectivity index (χ0) is 18.8. The maximum atomic E-state index is 13.3. The molecule has 0 aromatic rings. The molecule has 0 aromatic carbocycles. The first kappa shape index (κ1) is 19.8. The molecule has 0 radical (unpaired) electrons. The van der Waals surface area contributed by atoms with Gasteiger partial charge in [0.05, 0.1) is 12.1 Å². The fraction of sp³-hybridized carbons (Fsp3) is 0.750. The van der Waals surface area contributed by atoms with Crippen LogP contribution in [0.15, 0.2) is 16.8 Å². The van der Waals surface area contributed by atoms with Crippen molar-refractivity contribution in [1.29, 1.82) is 0 Å². The average molecular weight is 348 g/mol. The second-order valence-corrected chi connectivity index (χ2v) is 9.20. The van der Waals surface area contributed by atoms with Crippen LogP contribution in [0.1, 0.15) is 67.2 Å². The van der Waals surface area contributed by atoms with Gasteiger partial charge in [-0.15, -0.1) is 0 Å². The molecule has 2 atom stereocenters. The largest absolute Gasteiger partial charge is 0.331 e. The molecule has 0 aliphatic carbocycles. The highest BCUT2D eigenvalue weighted by molar-refractivity contribution is 5.94. The van der Waals surface area contributed by atoms with Gasteiger partial charge in [0.25, 0.3) is 0 Å². The number of likely N-dealkylation sites (tertiary alicyclic amines) is 1. The van der Waals surface area contributed by atoms with Crippen molar-refractivity contribution in [3.63, 3.8) is 0 Å². The van der Waals surface area contributed by atoms with Crippen LogP contribution < -0.4 is 5.32 Å². The normalized spacial score (nSPS) is 22.2. The number of rotatable bonds is 5. The predicted octanol–water partition coefficient (Wildman–Crippen LogP) is 3.10. The SMILES string of the molecule is CC(C)(C)N[C@@H](CC1=CCC=N1)C(=O)N1CCC[C@H]1C(=O)C(C)(C)C. The third-order valence-electron chi connectivity index (χ3n) is 4.61. The number of hydrogen-bond acceptors (Lipinski definition) is 4. The fourth-order valence-electron chi connectivity index (χ4n) is 3.48. The van der Waals surface area contributed by atoms with Crippen molar-refractivity contribution in [3.05, 3.63) is 11.8 Å². The molecule has 2 rings (SSSR count). The predicted molar refractivity (Wildman–Crippen MR) is 102 cm³/mol. The Hall–Kier alpha value is -1.49. The van der Waals surface area contributed by atoms with Crippen molar-refractivity contribution in [1.82, 2.24) is 10.2 Å². The van der Waals surface area contributed by atoms with Crippen molar-refractivity contribution in [2.75, 3.05) is 6.54 Å². The molecule has 5 nitrogen and oxygen atoms in total. The van der Waals surface area contributed by atoms with E-state index in [1.54, 1.807) is 4.90 Å². The summed E-state index contributed by atoms with van der Waals surface area (Å²) in [5, 5.41) is 3.44. The molecule has 140 valence electrons. The van der Waals surface area contributed by atoms with E-state index in [0.717, 1.165) is 25.0 Å². The third kappa shape index (κ3) is 5.24. The van der Waals surface area contributed by atoms with Crippen LogP contribution in [0.5, 0.6) is 0 Å². The van der Waals surface area contributed by atoms with Crippen molar-refractivity contribution in [2.45, 2.75) is 84.8 Å². The molecule has 0 saturated carbocycles. The molecule has 2 heterocycles. The van der Waals surface area contributed by atoms with Crippen LogP contribution in [0.4, 0.5) is 0 Å². The van der Waals surface area contributed by atoms with Crippen LogP contribution in [-0.2, 0) is 9.59 Å². The highest BCUT2D eigenvalue weighted by atomic mass is 16.2. The quantitative estimate of drug-likeness (QED) is 0.831. The Morgan fingerprint density at radius 1 is 1.28 bits per heavy atom. The van der Waals surface area contributed by atoms with Gasteiger partial charge in [0.15, 0.2) is 5.78 Å². The van der Waals surface area contributed by atoms with Gasteiger partial charge >= 0.3 is 0 Å². The summed E-state index contributed by atoms with van der Waals surface area (Å²) in [6.45, 7) is 12.6. The van der Waals surface area contributed by atoms with Crippen LogP contribution in [0, 0.1) is 5.41 Å². The van der Waals surface area contributed by atoms with Crippen LogP contribution in [-0.4, -0.2) is 47.0 Å². The highest BCUT2D eigenvalue weighted by Gasteiger charge is 2.41. The van der Waals surface area contributed by atoms with E-state index in [0.29, 0.717) is 13.0 Å². The number of ketones is 1. The molecule has 0 spiro atoms. The molecular formula is C20H33N3O2. The molecule has 0 bridgehead atoms. The zero-order valence-electron chi connectivity index (χ0n) is 16.6. The summed E-state index contributed by atoms with van der Waals surface area (Å²) in [6, 6.07) is -0.646. The van der Waals surface area contributed by atoms with Gasteiger partial charge in [-0.25, -0.2) is 0 Å². The molecule has 2 aliphatic heterocycles. The van der Waals surface area contributed by atoms with Gasteiger partial charge in [0.2, 0.25) is 5.91 Å². The van der Waals surface area contributed by atoms with E-state index < -0.39 is 5.41 Å². The number of allylic oxidation sites excluding steroid dienone is 1. The van der Waals surface area contributed by atoms with Crippen LogP contribution in [0.25, 0.3) is 0 Å². The number of carbonyl (C=O) groups is 2. The molecule has 2 aliphatic rings. The Kier molecular flexibility index (Phi) is 5.87. The van der Waals surface area contributed by atoms with E-state index in [1.165, 1.54) is 0 Å². The average Bonchev–Trinajstić information content (AvgIpc) is 3.13. The lowest BCUT2D eigenvalue weighted by Crippen LogP contribution is -2.55. The molecular weight excluding hydrogens is 314 g/mol. The lowest BCUT2D eigenvalue weighted by molar-refractivity contribution is -0.142. The van der Waals surface area contributed by atoms with Crippen molar-refractivity contribution < 1.29 is 9.59 Å². The number of aliphatic imine (C=N–C) groups is 1. The first-order valence-electron chi connectivity index (χ1n) is 9.33. The molecule has 5 heteroatoms. The van der Waals surface area contributed by atoms with Crippen molar-refractivity contribution >= 4 is 17.9 Å². The topological polar surface area (TPSA) is 61.8 Å². The number of nitrogens with zero attached hydrogens (tertiary/aromatic N) is 2. The number of Topliss-reactive ketones (excluding diaryl/α,β-unsaturated/α-hetero) is 1. The summed E-state index contributed by atoms with van der Waals surface area (Å²) < 4.78 is 0. The number of hydrogen-bond donors (Lipinski definition) is 1. The zero-order valence-corrected chi connectivity index (χ0v) is 16.6. The molecule has 0 aromatic heterocycles. The highest BCUT2D eigenvalue weighted by Crippen LogP contribution is 2.28. The summed E-state index contributed by atoms with van der Waals surface area (Å²) >= 11 is 0. The maximum Gasteiger partial charge on any atom is 0.240 e. The smallest absolute Gasteiger partial charge is 0.240 e. The summed E-state index contributed by atoms with van der Waals surface area (Å²) in [6.07, 6.45) is 6.99. The number of nitrogens with one attached hydrogen (secondary N) is 1. The summed E-state index contributed by atoms with van der Waals surface area (Å²) in [7, 11) is 0. The molecule has 25 heavy (non-hydrogen) atoms. The van der Waals surface area contributed by atoms with E-state index in [1.807, 2.05) is 27.0 Å². The Morgan fingerprint density at radius 2 is 1.96 bits per heavy atom. The first-order chi connectivity index (χ1) is 11.5. The van der Waals surface area contributed by atoms with Gasteiger partial charge < -0.3 is 10.2 Å². The molecule has 1 saturated heterocycles. The Labute approximate surface area is 151 Å². The minimum absolute atomic E-state index is 0.0259. The second-order valence-electron chi connectivity index (χ2n) is 9.20. The van der Waals surface area contributed by atoms with Gasteiger partial charge in [-0.1, -0.05) is 26.8 Å². The minimum Gasteiger partial charge on any atom is -0.331 e. The minimum atomic E-state index is -0.432. The van der Waals surface area contributed by atoms with E-state index >= 15 is 0 Å². The van der Waals surface area contributed by atoms with Gasteiger partial charge in [0.1, 0.15) is 0 Å². The standard InChI is InChI=1S/C20H33N3O2/c1-19(2,3)17(24)16-10-8-12-23(16)18(25)15(22-20(4,5)6)13-14-9-7-11-21-14/h9,11,15-16,22H,7-8,10,12-13H2,1-6H3/t15-,16-/m0/s1. The molecule has 1 amide bonds. The van der Waals surface area contributed by atoms with Gasteiger partial charge in [-0.05, 0) is 33.6 Å². The lowest BCUT2D eigenvalue weighted by Gasteiger charge is -2.34. The number of amides is 1. The monoisotopic (exact) mass is 347 g/mol. The van der Waals surface area contributed by atoms with Crippen molar-refractivity contribution in [3.8, 4) is 0 Å². The first-order valence-corrected chi connectivity index (χ1v) is 9.33. The van der Waals surface area contributed by atoms with E-state index in [2.05, 4.69) is 37.2 Å². The summed E-state index contributed by atoms with van der Waals surface area (Å²) in [5.41, 5.74) is 0.332. The molecule has 1 N–H and O–H groups in total. The summed E-state index contributed by atoms with van der Waals surface area (Å²) in [4.78, 5) is 32.2. The third-order valence-corrected chi connectivity index (χ3v) is 4.61. The van der Waals surface area contributed by atoms with Crippen LogP contribution >= 0.6 is 0 Å². The van der Waals surface area contributed by atoms with E-state index in [-0.39, 0.29) is 29.3 Å². The Balaban J connectivity index is 2.19. The van der Waals surface area contributed by atoms with Gasteiger partial charge in [-0.2, -0.15) is 0 Å². The van der Waals surface area contributed by atoms with Crippen molar-refractivity contribution in [2.24, 2.45) is 10.4 Å². The van der Waals surface area contributed by atoms with Crippen LogP contribution in [0.2, 0.25) is 0 Å². The van der Waals surface area contributed by atoms with Gasteiger partial charge in [0, 0.05) is 42.3 Å². The van der Waals surface area contributed by atoms with Crippen LogP contribution in [0.3, 0.4) is 0 Å². The molecule has 0 unspecified atom stereocenters. The summed E-state index contributed by atoms with van der Waals surface area (Å²) in [5.74, 6) is 0.184.